The van der Waals surface area contributed by atoms with Gasteiger partial charge in [-0.2, -0.15) is 11.8 Å². The van der Waals surface area contributed by atoms with Crippen LogP contribution in [0.2, 0.25) is 0 Å². The Hall–Kier alpha value is -0.800. The summed E-state index contributed by atoms with van der Waals surface area (Å²) >= 11 is 1.89. The molecule has 0 amide bonds. The summed E-state index contributed by atoms with van der Waals surface area (Å²) < 4.78 is 0. The summed E-state index contributed by atoms with van der Waals surface area (Å²) in [7, 11) is 2.06. The Kier molecular flexibility index (Phi) is 4.46. The third kappa shape index (κ3) is 3.15. The van der Waals surface area contributed by atoms with Crippen LogP contribution in [0.4, 0.5) is 0 Å². The van der Waals surface area contributed by atoms with Crippen LogP contribution in [0.25, 0.3) is 0 Å². The van der Waals surface area contributed by atoms with Crippen LogP contribution in [0.5, 0.6) is 0 Å². The van der Waals surface area contributed by atoms with E-state index in [-0.39, 0.29) is 6.04 Å². The molecule has 1 heterocycles. The predicted molar refractivity (Wildman–Crippen MR) is 78.4 cm³/mol. The fraction of sp³-hybridized carbons (Fsp3) is 0.533. The van der Waals surface area contributed by atoms with E-state index in [1.165, 1.54) is 11.1 Å². The minimum Gasteiger partial charge on any atom is -0.298 e. The van der Waals surface area contributed by atoms with E-state index in [1.54, 1.807) is 0 Å². The van der Waals surface area contributed by atoms with Crippen molar-refractivity contribution in [3.63, 3.8) is 0 Å². The molecule has 18 heavy (non-hydrogen) atoms. The van der Waals surface area contributed by atoms with Crippen molar-refractivity contribution < 1.29 is 4.79 Å². The summed E-state index contributed by atoms with van der Waals surface area (Å²) in [6, 6.07) is 6.43. The molecular formula is C15H21NOS. The standard InChI is InChI=1S/C15H21NOS/c1-11-4-5-13(8-12(11)2)9-15(17)14-10-18-7-6-16(14)3/h4-5,8,14H,6-7,9-10H2,1-3H3. The van der Waals surface area contributed by atoms with Gasteiger partial charge in [0.25, 0.3) is 0 Å². The quantitative estimate of drug-likeness (QED) is 0.835. The molecule has 1 aromatic rings. The topological polar surface area (TPSA) is 20.3 Å². The van der Waals surface area contributed by atoms with Gasteiger partial charge in [0.1, 0.15) is 0 Å². The number of ketones is 1. The number of thioether (sulfide) groups is 1. The van der Waals surface area contributed by atoms with Crippen molar-refractivity contribution >= 4 is 17.5 Å². The van der Waals surface area contributed by atoms with Crippen molar-refractivity contribution in [3.8, 4) is 0 Å². The first-order valence-electron chi connectivity index (χ1n) is 6.45. The van der Waals surface area contributed by atoms with Gasteiger partial charge in [-0.3, -0.25) is 9.69 Å². The molecule has 98 valence electrons. The maximum Gasteiger partial charge on any atom is 0.155 e. The second-order valence-corrected chi connectivity index (χ2v) is 6.28. The van der Waals surface area contributed by atoms with Crippen LogP contribution in [0, 0.1) is 13.8 Å². The molecule has 1 aliphatic rings. The van der Waals surface area contributed by atoms with Crippen LogP contribution in [0.1, 0.15) is 16.7 Å². The Labute approximate surface area is 114 Å². The van der Waals surface area contributed by atoms with Gasteiger partial charge >= 0.3 is 0 Å². The van der Waals surface area contributed by atoms with Gasteiger partial charge in [-0.1, -0.05) is 18.2 Å². The van der Waals surface area contributed by atoms with Crippen molar-refractivity contribution in [2.24, 2.45) is 0 Å². The molecule has 0 bridgehead atoms. The number of aryl methyl sites for hydroxylation is 2. The minimum atomic E-state index is 0.102. The number of benzene rings is 1. The van der Waals surface area contributed by atoms with Gasteiger partial charge in [-0.25, -0.2) is 0 Å². The number of Topliss-reactive ketones (excluding diaryl/α,β-unsaturated/α-hetero) is 1. The molecule has 1 saturated heterocycles. The Bertz CT molecular complexity index is 444. The molecule has 0 aromatic heterocycles. The van der Waals surface area contributed by atoms with Crippen LogP contribution in [0.3, 0.4) is 0 Å². The normalized spacial score (nSPS) is 20.9. The van der Waals surface area contributed by atoms with Crippen molar-refractivity contribution in [3.05, 3.63) is 34.9 Å². The molecule has 1 aromatic carbocycles. The molecule has 0 N–H and O–H groups in total. The molecule has 1 fully saturated rings. The Morgan fingerprint density at radius 1 is 1.39 bits per heavy atom. The van der Waals surface area contributed by atoms with Gasteiger partial charge in [0.2, 0.25) is 0 Å². The SMILES string of the molecule is Cc1ccc(CC(=O)C2CSCCN2C)cc1C. The van der Waals surface area contributed by atoms with E-state index in [0.29, 0.717) is 12.2 Å². The lowest BCUT2D eigenvalue weighted by atomic mass is 10.00. The minimum absolute atomic E-state index is 0.102. The van der Waals surface area contributed by atoms with Gasteiger partial charge in [0.05, 0.1) is 6.04 Å². The lowest BCUT2D eigenvalue weighted by molar-refractivity contribution is -0.122. The maximum atomic E-state index is 12.3. The summed E-state index contributed by atoms with van der Waals surface area (Å²) in [5.74, 6) is 2.44. The highest BCUT2D eigenvalue weighted by Crippen LogP contribution is 2.18. The van der Waals surface area contributed by atoms with E-state index >= 15 is 0 Å². The van der Waals surface area contributed by atoms with Crippen LogP contribution in [-0.4, -0.2) is 41.8 Å². The zero-order valence-corrected chi connectivity index (χ0v) is 12.2. The molecule has 1 aliphatic heterocycles. The van der Waals surface area contributed by atoms with Gasteiger partial charge in [-0.05, 0) is 37.6 Å². The zero-order valence-electron chi connectivity index (χ0n) is 11.4. The average Bonchev–Trinajstić information content (AvgIpc) is 2.34. The van der Waals surface area contributed by atoms with Gasteiger partial charge < -0.3 is 0 Å². The number of hydrogen-bond acceptors (Lipinski definition) is 3. The monoisotopic (exact) mass is 263 g/mol. The van der Waals surface area contributed by atoms with Gasteiger partial charge in [-0.15, -0.1) is 0 Å². The van der Waals surface area contributed by atoms with E-state index in [9.17, 15) is 4.79 Å². The largest absolute Gasteiger partial charge is 0.298 e. The molecule has 3 heteroatoms. The summed E-state index contributed by atoms with van der Waals surface area (Å²) in [4.78, 5) is 14.5. The highest BCUT2D eigenvalue weighted by atomic mass is 32.2. The Balaban J connectivity index is 2.04. The van der Waals surface area contributed by atoms with Crippen LogP contribution in [-0.2, 0) is 11.2 Å². The van der Waals surface area contributed by atoms with Crippen molar-refractivity contribution in [1.29, 1.82) is 0 Å². The van der Waals surface area contributed by atoms with Gasteiger partial charge in [0.15, 0.2) is 5.78 Å². The molecule has 2 rings (SSSR count). The molecule has 0 radical (unpaired) electrons. The van der Waals surface area contributed by atoms with E-state index in [4.69, 9.17) is 0 Å². The second-order valence-electron chi connectivity index (χ2n) is 5.13. The summed E-state index contributed by atoms with van der Waals surface area (Å²) in [6.07, 6.45) is 0.566. The molecule has 2 nitrogen and oxygen atoms in total. The first-order valence-corrected chi connectivity index (χ1v) is 7.60. The van der Waals surface area contributed by atoms with Crippen LogP contribution < -0.4 is 0 Å². The Morgan fingerprint density at radius 3 is 2.83 bits per heavy atom. The number of carbonyl (C=O) groups excluding carboxylic acids is 1. The van der Waals surface area contributed by atoms with Crippen LogP contribution >= 0.6 is 11.8 Å². The van der Waals surface area contributed by atoms with Gasteiger partial charge in [0, 0.05) is 24.5 Å². The highest BCUT2D eigenvalue weighted by molar-refractivity contribution is 7.99. The molecular weight excluding hydrogens is 242 g/mol. The fourth-order valence-corrected chi connectivity index (χ4v) is 3.51. The zero-order chi connectivity index (χ0) is 13.1. The number of rotatable bonds is 3. The van der Waals surface area contributed by atoms with E-state index in [0.717, 1.165) is 23.6 Å². The van der Waals surface area contributed by atoms with Crippen LogP contribution in [0.15, 0.2) is 18.2 Å². The molecule has 0 saturated carbocycles. The van der Waals surface area contributed by atoms with Crippen molar-refractivity contribution in [2.75, 3.05) is 25.1 Å². The second kappa shape index (κ2) is 5.89. The third-order valence-electron chi connectivity index (χ3n) is 3.72. The van der Waals surface area contributed by atoms with E-state index in [2.05, 4.69) is 44.0 Å². The van der Waals surface area contributed by atoms with E-state index < -0.39 is 0 Å². The lowest BCUT2D eigenvalue weighted by Crippen LogP contribution is -2.45. The number of hydrogen-bond donors (Lipinski definition) is 0. The molecule has 0 spiro atoms. The summed E-state index contributed by atoms with van der Waals surface area (Å²) in [5.41, 5.74) is 3.70. The van der Waals surface area contributed by atoms with Crippen molar-refractivity contribution in [1.82, 2.24) is 4.90 Å². The average molecular weight is 263 g/mol. The first kappa shape index (κ1) is 13.6. The molecule has 1 unspecified atom stereocenters. The Morgan fingerprint density at radius 2 is 2.17 bits per heavy atom. The fourth-order valence-electron chi connectivity index (χ4n) is 2.26. The first-order chi connectivity index (χ1) is 8.58. The predicted octanol–water partition coefficient (Wildman–Crippen LogP) is 2.46. The van der Waals surface area contributed by atoms with E-state index in [1.807, 2.05) is 11.8 Å². The molecule has 0 aliphatic carbocycles. The summed E-state index contributed by atoms with van der Waals surface area (Å²) in [5, 5.41) is 0. The third-order valence-corrected chi connectivity index (χ3v) is 4.74. The number of nitrogens with zero attached hydrogens (tertiary/aromatic N) is 1. The molecule has 1 atom stereocenters. The summed E-state index contributed by atoms with van der Waals surface area (Å²) in [6.45, 7) is 5.23. The van der Waals surface area contributed by atoms with Crippen molar-refractivity contribution in [2.45, 2.75) is 26.3 Å². The lowest BCUT2D eigenvalue weighted by Gasteiger charge is -2.30. The smallest absolute Gasteiger partial charge is 0.155 e. The highest BCUT2D eigenvalue weighted by Gasteiger charge is 2.25. The maximum absolute atomic E-state index is 12.3. The number of likely N-dealkylation sites (N-methyl/N-ethyl adjacent to an activating group) is 1. The number of carbonyl (C=O) groups is 1.